The predicted molar refractivity (Wildman–Crippen MR) is 128 cm³/mol. The Balaban J connectivity index is 1.86. The number of nitrogens with zero attached hydrogens (tertiary/aromatic N) is 1. The Morgan fingerprint density at radius 3 is 2.15 bits per heavy atom. The molecule has 0 aliphatic carbocycles. The van der Waals surface area contributed by atoms with Gasteiger partial charge in [0.25, 0.3) is 5.91 Å². The summed E-state index contributed by atoms with van der Waals surface area (Å²) in [5.41, 5.74) is 2.96. The Morgan fingerprint density at radius 1 is 0.939 bits per heavy atom. The molecule has 1 aliphatic rings. The number of carbonyl (C=O) groups excluding carboxylic acids is 1. The molecule has 9 heteroatoms. The second-order valence-electron chi connectivity index (χ2n) is 7.52. The maximum Gasteiger partial charge on any atom is 0.255 e. The van der Waals surface area contributed by atoms with E-state index in [4.69, 9.17) is 14.2 Å². The molecule has 1 heterocycles. The minimum Gasteiger partial charge on any atom is -0.490 e. The first kappa shape index (κ1) is 24.9. The van der Waals surface area contributed by atoms with Gasteiger partial charge in [-0.05, 0) is 69.5 Å². The summed E-state index contributed by atoms with van der Waals surface area (Å²) < 4.78 is 43.2. The number of ether oxygens (including phenoxy) is 3. The fourth-order valence-corrected chi connectivity index (χ4v) is 4.82. The molecule has 1 N–H and O–H groups in total. The van der Waals surface area contributed by atoms with Crippen LogP contribution in [0.15, 0.2) is 30.3 Å². The highest BCUT2D eigenvalue weighted by Crippen LogP contribution is 2.39. The van der Waals surface area contributed by atoms with Crippen LogP contribution >= 0.6 is 0 Å². The number of sulfonamides is 1. The third-order valence-electron chi connectivity index (χ3n) is 5.37. The van der Waals surface area contributed by atoms with Gasteiger partial charge in [0.15, 0.2) is 11.5 Å². The van der Waals surface area contributed by atoms with Crippen molar-refractivity contribution in [1.29, 1.82) is 0 Å². The molecule has 0 saturated heterocycles. The van der Waals surface area contributed by atoms with Crippen LogP contribution in [0.1, 0.15) is 49.2 Å². The summed E-state index contributed by atoms with van der Waals surface area (Å²) in [7, 11) is -3.27. The molecule has 180 valence electrons. The molecule has 0 aromatic heterocycles. The third kappa shape index (κ3) is 5.78. The second kappa shape index (κ2) is 10.9. The predicted octanol–water partition coefficient (Wildman–Crippen LogP) is 3.84. The summed E-state index contributed by atoms with van der Waals surface area (Å²) in [6, 6.07) is 8.89. The lowest BCUT2D eigenvalue weighted by molar-refractivity contribution is 0.102. The summed E-state index contributed by atoms with van der Waals surface area (Å²) in [5.74, 6) is 1.11. The second-order valence-corrected chi connectivity index (χ2v) is 9.78. The van der Waals surface area contributed by atoms with E-state index in [9.17, 15) is 13.2 Å². The van der Waals surface area contributed by atoms with E-state index in [0.29, 0.717) is 67.8 Å². The van der Waals surface area contributed by atoms with Gasteiger partial charge in [0.2, 0.25) is 15.8 Å². The lowest BCUT2D eigenvalue weighted by Crippen LogP contribution is -2.36. The van der Waals surface area contributed by atoms with Gasteiger partial charge >= 0.3 is 0 Å². The molecular weight excluding hydrogens is 444 g/mol. The van der Waals surface area contributed by atoms with Gasteiger partial charge in [-0.15, -0.1) is 0 Å². The number of fused-ring (bicyclic) bond motifs is 1. The maximum atomic E-state index is 13.1. The first-order valence-corrected chi connectivity index (χ1v) is 12.9. The minimum atomic E-state index is -3.27. The van der Waals surface area contributed by atoms with Crippen LogP contribution in [0.2, 0.25) is 0 Å². The Bertz CT molecular complexity index is 1070. The molecule has 1 aliphatic heterocycles. The number of rotatable bonds is 10. The molecule has 0 saturated carbocycles. The number of hydrogen-bond donors (Lipinski definition) is 1. The summed E-state index contributed by atoms with van der Waals surface area (Å²) in [5, 5.41) is 2.91. The normalized spacial score (nSPS) is 13.8. The Labute approximate surface area is 195 Å². The van der Waals surface area contributed by atoms with Crippen LogP contribution in [-0.4, -0.2) is 50.7 Å². The highest BCUT2D eigenvalue weighted by molar-refractivity contribution is 7.89. The van der Waals surface area contributed by atoms with Gasteiger partial charge in [-0.1, -0.05) is 6.07 Å². The van der Waals surface area contributed by atoms with Gasteiger partial charge in [0.05, 0.1) is 25.6 Å². The van der Waals surface area contributed by atoms with Gasteiger partial charge < -0.3 is 19.5 Å². The van der Waals surface area contributed by atoms with Gasteiger partial charge in [-0.2, -0.15) is 4.31 Å². The van der Waals surface area contributed by atoms with E-state index in [-0.39, 0.29) is 11.7 Å². The number of benzene rings is 2. The molecule has 0 spiro atoms. The number of carbonyl (C=O) groups is 1. The molecule has 0 atom stereocenters. The number of hydrogen-bond acceptors (Lipinski definition) is 6. The van der Waals surface area contributed by atoms with Crippen molar-refractivity contribution in [2.24, 2.45) is 0 Å². The van der Waals surface area contributed by atoms with E-state index in [2.05, 4.69) is 5.32 Å². The van der Waals surface area contributed by atoms with Crippen molar-refractivity contribution in [3.8, 4) is 17.2 Å². The highest BCUT2D eigenvalue weighted by atomic mass is 32.2. The van der Waals surface area contributed by atoms with Crippen LogP contribution in [0, 0.1) is 0 Å². The van der Waals surface area contributed by atoms with Crippen molar-refractivity contribution in [2.45, 2.75) is 40.7 Å². The molecule has 0 unspecified atom stereocenters. The SMILES string of the molecule is CCOc1cc(C(=O)Nc2ccc3c(c2)CN(S(=O)(=O)CC)CC3)cc(OCC)c1OCC. The van der Waals surface area contributed by atoms with E-state index in [1.807, 2.05) is 39.0 Å². The summed E-state index contributed by atoms with van der Waals surface area (Å²) in [6.45, 7) is 9.28. The van der Waals surface area contributed by atoms with Crippen LogP contribution in [0.4, 0.5) is 5.69 Å². The molecular formula is C24H32N2O6S. The Morgan fingerprint density at radius 2 is 1.58 bits per heavy atom. The Hall–Kier alpha value is -2.78. The molecule has 0 bridgehead atoms. The van der Waals surface area contributed by atoms with Crippen LogP contribution in [0.5, 0.6) is 17.2 Å². The zero-order valence-corrected chi connectivity index (χ0v) is 20.5. The number of anilines is 1. The van der Waals surface area contributed by atoms with Crippen LogP contribution < -0.4 is 19.5 Å². The average Bonchev–Trinajstić information content (AvgIpc) is 2.80. The van der Waals surface area contributed by atoms with Crippen molar-refractivity contribution in [3.63, 3.8) is 0 Å². The van der Waals surface area contributed by atoms with E-state index in [0.717, 1.165) is 11.1 Å². The monoisotopic (exact) mass is 476 g/mol. The molecule has 0 fully saturated rings. The zero-order chi connectivity index (χ0) is 24.0. The first-order chi connectivity index (χ1) is 15.8. The van der Waals surface area contributed by atoms with E-state index >= 15 is 0 Å². The minimum absolute atomic E-state index is 0.0703. The van der Waals surface area contributed by atoms with Gasteiger partial charge in [-0.25, -0.2) is 8.42 Å². The standard InChI is InChI=1S/C24H32N2O6S/c1-5-30-21-14-18(15-22(31-6-2)23(21)32-7-3)24(27)25-20-10-9-17-11-12-26(16-19(17)13-20)33(28,29)8-4/h9-10,13-15H,5-8,11-12,16H2,1-4H3,(H,25,27). The molecule has 2 aromatic rings. The molecule has 33 heavy (non-hydrogen) atoms. The van der Waals surface area contributed by atoms with Crippen LogP contribution in [-0.2, 0) is 23.0 Å². The average molecular weight is 477 g/mol. The summed E-state index contributed by atoms with van der Waals surface area (Å²) >= 11 is 0. The van der Waals surface area contributed by atoms with E-state index in [1.165, 1.54) is 4.31 Å². The van der Waals surface area contributed by atoms with E-state index in [1.54, 1.807) is 19.1 Å². The lowest BCUT2D eigenvalue weighted by atomic mass is 10.0. The number of nitrogens with one attached hydrogen (secondary N) is 1. The molecule has 2 aromatic carbocycles. The zero-order valence-electron chi connectivity index (χ0n) is 19.6. The fourth-order valence-electron chi connectivity index (χ4n) is 3.75. The Kier molecular flexibility index (Phi) is 8.20. The summed E-state index contributed by atoms with van der Waals surface area (Å²) in [6.07, 6.45) is 0.650. The quantitative estimate of drug-likeness (QED) is 0.560. The smallest absolute Gasteiger partial charge is 0.255 e. The van der Waals surface area contributed by atoms with Crippen molar-refractivity contribution in [3.05, 3.63) is 47.0 Å². The molecule has 3 rings (SSSR count). The number of amides is 1. The van der Waals surface area contributed by atoms with Crippen molar-refractivity contribution in [1.82, 2.24) is 4.31 Å². The largest absolute Gasteiger partial charge is 0.490 e. The van der Waals surface area contributed by atoms with Crippen molar-refractivity contribution < 1.29 is 27.4 Å². The molecule has 1 amide bonds. The lowest BCUT2D eigenvalue weighted by Gasteiger charge is -2.28. The van der Waals surface area contributed by atoms with Gasteiger partial charge in [0, 0.05) is 24.3 Å². The van der Waals surface area contributed by atoms with E-state index < -0.39 is 10.0 Å². The first-order valence-electron chi connectivity index (χ1n) is 11.3. The maximum absolute atomic E-state index is 13.1. The van der Waals surface area contributed by atoms with Crippen molar-refractivity contribution >= 4 is 21.6 Å². The van der Waals surface area contributed by atoms with Crippen LogP contribution in [0.25, 0.3) is 0 Å². The third-order valence-corrected chi connectivity index (χ3v) is 7.20. The fraction of sp³-hybridized carbons (Fsp3) is 0.458. The van der Waals surface area contributed by atoms with Gasteiger partial charge in [-0.3, -0.25) is 4.79 Å². The summed E-state index contributed by atoms with van der Waals surface area (Å²) in [4.78, 5) is 13.1. The topological polar surface area (TPSA) is 94.2 Å². The molecule has 8 nitrogen and oxygen atoms in total. The highest BCUT2D eigenvalue weighted by Gasteiger charge is 2.25. The molecule has 0 radical (unpaired) electrons. The van der Waals surface area contributed by atoms with Gasteiger partial charge in [0.1, 0.15) is 0 Å². The van der Waals surface area contributed by atoms with Crippen LogP contribution in [0.3, 0.4) is 0 Å². The van der Waals surface area contributed by atoms with Crippen molar-refractivity contribution in [2.75, 3.05) is 37.4 Å².